The van der Waals surface area contributed by atoms with Crippen LogP contribution >= 0.6 is 11.8 Å². The molecule has 156 valence electrons. The van der Waals surface area contributed by atoms with E-state index in [9.17, 15) is 9.59 Å². The van der Waals surface area contributed by atoms with Gasteiger partial charge in [-0.2, -0.15) is 0 Å². The first kappa shape index (κ1) is 21.6. The first-order valence-corrected chi connectivity index (χ1v) is 10.8. The number of thioether (sulfide) groups is 1. The minimum Gasteiger partial charge on any atom is -0.497 e. The Morgan fingerprint density at radius 1 is 1.13 bits per heavy atom. The number of carbonyl (C=O) groups is 2. The summed E-state index contributed by atoms with van der Waals surface area (Å²) in [6.45, 7) is 2.75. The first-order valence-electron chi connectivity index (χ1n) is 9.84. The van der Waals surface area contributed by atoms with E-state index in [4.69, 9.17) is 4.74 Å². The van der Waals surface area contributed by atoms with Crippen molar-refractivity contribution in [2.75, 3.05) is 19.4 Å². The molecule has 0 aliphatic rings. The van der Waals surface area contributed by atoms with Crippen molar-refractivity contribution in [3.8, 4) is 11.4 Å². The number of nitrogens with zero attached hydrogens (tertiary/aromatic N) is 2. The van der Waals surface area contributed by atoms with Crippen LogP contribution in [0.15, 0.2) is 66.1 Å². The van der Waals surface area contributed by atoms with Crippen LogP contribution in [-0.2, 0) is 0 Å². The second-order valence-corrected chi connectivity index (χ2v) is 7.62. The SMILES string of the molecule is CCCCNC(=O)c1cccc(-n2ccnc2SCC(=O)c2ccc(OC)cc2)c1. The quantitative estimate of drug-likeness (QED) is 0.297. The number of carbonyl (C=O) groups excluding carboxylic acids is 2. The van der Waals surface area contributed by atoms with Gasteiger partial charge in [0.15, 0.2) is 10.9 Å². The number of hydrogen-bond acceptors (Lipinski definition) is 5. The molecular weight excluding hydrogens is 398 g/mol. The molecule has 0 spiro atoms. The number of hydrogen-bond donors (Lipinski definition) is 1. The smallest absolute Gasteiger partial charge is 0.251 e. The van der Waals surface area contributed by atoms with E-state index in [1.54, 1.807) is 43.6 Å². The summed E-state index contributed by atoms with van der Waals surface area (Å²) >= 11 is 1.36. The highest BCUT2D eigenvalue weighted by atomic mass is 32.2. The number of aromatic nitrogens is 2. The molecule has 2 aromatic carbocycles. The number of benzene rings is 2. The molecule has 3 aromatic rings. The van der Waals surface area contributed by atoms with E-state index < -0.39 is 0 Å². The predicted octanol–water partition coefficient (Wildman–Crippen LogP) is 4.39. The second-order valence-electron chi connectivity index (χ2n) is 6.68. The molecule has 0 saturated heterocycles. The van der Waals surface area contributed by atoms with Gasteiger partial charge in [0, 0.05) is 35.8 Å². The van der Waals surface area contributed by atoms with Gasteiger partial charge >= 0.3 is 0 Å². The lowest BCUT2D eigenvalue weighted by atomic mass is 10.1. The highest BCUT2D eigenvalue weighted by Gasteiger charge is 2.12. The van der Waals surface area contributed by atoms with Gasteiger partial charge < -0.3 is 10.1 Å². The highest BCUT2D eigenvalue weighted by molar-refractivity contribution is 7.99. The van der Waals surface area contributed by atoms with Crippen molar-refractivity contribution < 1.29 is 14.3 Å². The van der Waals surface area contributed by atoms with E-state index >= 15 is 0 Å². The summed E-state index contributed by atoms with van der Waals surface area (Å²) in [6, 6.07) is 14.5. The van der Waals surface area contributed by atoms with Crippen LogP contribution in [0.3, 0.4) is 0 Å². The summed E-state index contributed by atoms with van der Waals surface area (Å²) in [5, 5.41) is 3.63. The largest absolute Gasteiger partial charge is 0.497 e. The van der Waals surface area contributed by atoms with Gasteiger partial charge in [-0.05, 0) is 48.9 Å². The third kappa shape index (κ3) is 5.51. The van der Waals surface area contributed by atoms with Crippen LogP contribution in [0.5, 0.6) is 5.75 Å². The standard InChI is InChI=1S/C23H25N3O3S/c1-3-4-12-24-22(28)18-6-5-7-19(15-18)26-14-13-25-23(26)30-16-21(27)17-8-10-20(29-2)11-9-17/h5-11,13-15H,3-4,12,16H2,1-2H3,(H,24,28). The van der Waals surface area contributed by atoms with E-state index in [-0.39, 0.29) is 17.4 Å². The van der Waals surface area contributed by atoms with E-state index in [2.05, 4.69) is 17.2 Å². The normalized spacial score (nSPS) is 10.6. The predicted molar refractivity (Wildman–Crippen MR) is 119 cm³/mol. The molecule has 30 heavy (non-hydrogen) atoms. The van der Waals surface area contributed by atoms with Crippen molar-refractivity contribution >= 4 is 23.5 Å². The average molecular weight is 424 g/mol. The Hall–Kier alpha value is -3.06. The van der Waals surface area contributed by atoms with Gasteiger partial charge in [-0.1, -0.05) is 31.2 Å². The Morgan fingerprint density at radius 3 is 2.67 bits per heavy atom. The fraction of sp³-hybridized carbons (Fsp3) is 0.261. The number of nitrogens with one attached hydrogen (secondary N) is 1. The Bertz CT molecular complexity index is 999. The van der Waals surface area contributed by atoms with E-state index in [1.807, 2.05) is 29.0 Å². The number of rotatable bonds is 10. The van der Waals surface area contributed by atoms with Crippen molar-refractivity contribution in [3.05, 3.63) is 72.1 Å². The molecule has 0 atom stereocenters. The number of methoxy groups -OCH3 is 1. The molecule has 1 heterocycles. The van der Waals surface area contributed by atoms with Crippen LogP contribution in [0.4, 0.5) is 0 Å². The number of unbranched alkanes of at least 4 members (excludes halogenated alkanes) is 1. The Labute approximate surface area is 180 Å². The molecule has 0 radical (unpaired) electrons. The van der Waals surface area contributed by atoms with Crippen LogP contribution in [0, 0.1) is 0 Å². The lowest BCUT2D eigenvalue weighted by molar-refractivity contribution is 0.0952. The molecule has 0 aliphatic heterocycles. The molecule has 0 fully saturated rings. The number of imidazole rings is 1. The van der Waals surface area contributed by atoms with Gasteiger partial charge in [0.05, 0.1) is 12.9 Å². The first-order chi connectivity index (χ1) is 14.6. The van der Waals surface area contributed by atoms with Gasteiger partial charge in [-0.25, -0.2) is 4.98 Å². The lowest BCUT2D eigenvalue weighted by Gasteiger charge is -2.10. The van der Waals surface area contributed by atoms with Crippen molar-refractivity contribution in [2.45, 2.75) is 24.9 Å². The summed E-state index contributed by atoms with van der Waals surface area (Å²) in [4.78, 5) is 29.2. The van der Waals surface area contributed by atoms with Crippen LogP contribution in [0.25, 0.3) is 5.69 Å². The second kappa shape index (κ2) is 10.6. The zero-order chi connectivity index (χ0) is 21.3. The minimum atomic E-state index is -0.0886. The summed E-state index contributed by atoms with van der Waals surface area (Å²) in [7, 11) is 1.59. The number of ketones is 1. The fourth-order valence-corrected chi connectivity index (χ4v) is 3.73. The molecule has 1 aromatic heterocycles. The average Bonchev–Trinajstić information content (AvgIpc) is 3.26. The molecule has 1 amide bonds. The number of ether oxygens (including phenoxy) is 1. The van der Waals surface area contributed by atoms with Gasteiger partial charge in [-0.15, -0.1) is 0 Å². The minimum absolute atomic E-state index is 0.0151. The Kier molecular flexibility index (Phi) is 7.68. The third-order valence-corrected chi connectivity index (χ3v) is 5.52. The molecule has 0 bridgehead atoms. The lowest BCUT2D eigenvalue weighted by Crippen LogP contribution is -2.24. The summed E-state index contributed by atoms with van der Waals surface area (Å²) in [5.74, 6) is 0.907. The van der Waals surface area contributed by atoms with Gasteiger partial charge in [-0.3, -0.25) is 14.2 Å². The van der Waals surface area contributed by atoms with Gasteiger partial charge in [0.2, 0.25) is 0 Å². The zero-order valence-corrected chi connectivity index (χ0v) is 17.9. The molecule has 7 heteroatoms. The van der Waals surface area contributed by atoms with E-state index in [0.717, 1.165) is 18.5 Å². The van der Waals surface area contributed by atoms with E-state index in [1.165, 1.54) is 11.8 Å². The Morgan fingerprint density at radius 2 is 1.93 bits per heavy atom. The summed E-state index contributed by atoms with van der Waals surface area (Å²) in [6.07, 6.45) is 5.50. The fourth-order valence-electron chi connectivity index (χ4n) is 2.86. The maximum atomic E-state index is 12.5. The zero-order valence-electron chi connectivity index (χ0n) is 17.1. The molecule has 0 unspecified atom stereocenters. The monoisotopic (exact) mass is 423 g/mol. The van der Waals surface area contributed by atoms with Crippen molar-refractivity contribution in [1.82, 2.24) is 14.9 Å². The summed E-state index contributed by atoms with van der Waals surface area (Å²) < 4.78 is 7.01. The third-order valence-electron chi connectivity index (χ3n) is 4.55. The molecule has 0 saturated carbocycles. The molecule has 6 nitrogen and oxygen atoms in total. The van der Waals surface area contributed by atoms with Gasteiger partial charge in [0.25, 0.3) is 5.91 Å². The number of Topliss-reactive ketones (excluding diaryl/α,β-unsaturated/α-hetero) is 1. The maximum Gasteiger partial charge on any atom is 0.251 e. The van der Waals surface area contributed by atoms with Crippen LogP contribution < -0.4 is 10.1 Å². The summed E-state index contributed by atoms with van der Waals surface area (Å²) in [5.41, 5.74) is 2.06. The Balaban J connectivity index is 1.68. The topological polar surface area (TPSA) is 73.2 Å². The van der Waals surface area contributed by atoms with Crippen LogP contribution in [-0.4, -0.2) is 40.6 Å². The molecule has 1 N–H and O–H groups in total. The maximum absolute atomic E-state index is 12.5. The van der Waals surface area contributed by atoms with Crippen LogP contribution in [0.2, 0.25) is 0 Å². The molecular formula is C23H25N3O3S. The van der Waals surface area contributed by atoms with E-state index in [0.29, 0.717) is 28.6 Å². The number of amides is 1. The van der Waals surface area contributed by atoms with Crippen molar-refractivity contribution in [3.63, 3.8) is 0 Å². The molecule has 3 rings (SSSR count). The van der Waals surface area contributed by atoms with Gasteiger partial charge in [0.1, 0.15) is 5.75 Å². The molecule has 0 aliphatic carbocycles. The van der Waals surface area contributed by atoms with Crippen molar-refractivity contribution in [1.29, 1.82) is 0 Å². The van der Waals surface area contributed by atoms with Crippen LogP contribution in [0.1, 0.15) is 40.5 Å². The highest BCUT2D eigenvalue weighted by Crippen LogP contribution is 2.23. The van der Waals surface area contributed by atoms with Crippen molar-refractivity contribution in [2.24, 2.45) is 0 Å².